The Labute approximate surface area is 103 Å². The molecule has 15 heavy (non-hydrogen) atoms. The smallest absolute Gasteiger partial charge is 0.214 e. The maximum atomic E-state index is 10.8. The minimum Gasteiger partial charge on any atom is -0.216 e. The van der Waals surface area contributed by atoms with Crippen LogP contribution in [-0.2, 0) is 9.84 Å². The average Bonchev–Trinajstić information content (AvgIpc) is 2.07. The summed E-state index contributed by atoms with van der Waals surface area (Å²) in [5.41, 5.74) is 0.291. The van der Waals surface area contributed by atoms with Gasteiger partial charge in [0.25, 0.3) is 0 Å². The Morgan fingerprint density at radius 1 is 1.20 bits per heavy atom. The first-order valence-corrected chi connectivity index (χ1v) is 6.69. The Bertz CT molecular complexity index is 553. The molecule has 1 rings (SSSR count). The highest BCUT2D eigenvalue weighted by molar-refractivity contribution is 7.95. The van der Waals surface area contributed by atoms with Crippen LogP contribution in [0.15, 0.2) is 12.1 Å². The summed E-state index contributed by atoms with van der Waals surface area (Å²) in [6.45, 7) is 0. The third kappa shape index (κ3) is 3.92. The molecule has 0 spiro atoms. The van der Waals surface area contributed by atoms with E-state index in [4.69, 9.17) is 34.8 Å². The molecule has 0 fully saturated rings. The van der Waals surface area contributed by atoms with Crippen LogP contribution in [0.1, 0.15) is 5.56 Å². The van der Waals surface area contributed by atoms with Crippen LogP contribution in [0.3, 0.4) is 0 Å². The summed E-state index contributed by atoms with van der Waals surface area (Å²) in [4.78, 5) is 0. The summed E-state index contributed by atoms with van der Waals surface area (Å²) in [6.07, 6.45) is 1.00. The summed E-state index contributed by atoms with van der Waals surface area (Å²) in [5, 5.41) is 2.83. The minimum atomic E-state index is -3.37. The van der Waals surface area contributed by atoms with Crippen LogP contribution in [0.25, 0.3) is 0 Å². The van der Waals surface area contributed by atoms with Crippen molar-refractivity contribution < 1.29 is 8.42 Å². The molecule has 1 aromatic carbocycles. The van der Waals surface area contributed by atoms with Crippen molar-refractivity contribution in [3.05, 3.63) is 32.8 Å². The summed E-state index contributed by atoms with van der Waals surface area (Å²) in [5.74, 6) is 2.40. The topological polar surface area (TPSA) is 34.1 Å². The van der Waals surface area contributed by atoms with Crippen LogP contribution >= 0.6 is 34.8 Å². The zero-order chi connectivity index (χ0) is 11.6. The highest BCUT2D eigenvalue weighted by atomic mass is 35.5. The lowest BCUT2D eigenvalue weighted by molar-refractivity contribution is 0.611. The van der Waals surface area contributed by atoms with Crippen molar-refractivity contribution >= 4 is 44.6 Å². The fraction of sp³-hybridized carbons (Fsp3) is 0.111. The van der Waals surface area contributed by atoms with Crippen molar-refractivity contribution in [3.8, 4) is 11.2 Å². The third-order valence-corrected chi connectivity index (χ3v) is 2.86. The van der Waals surface area contributed by atoms with Gasteiger partial charge >= 0.3 is 0 Å². The number of halogens is 3. The molecule has 0 unspecified atom stereocenters. The number of sulfone groups is 1. The van der Waals surface area contributed by atoms with E-state index in [9.17, 15) is 8.42 Å². The van der Waals surface area contributed by atoms with Gasteiger partial charge in [-0.3, -0.25) is 0 Å². The van der Waals surface area contributed by atoms with Crippen molar-refractivity contribution in [3.63, 3.8) is 0 Å². The summed E-state index contributed by atoms with van der Waals surface area (Å²) < 4.78 is 21.6. The lowest BCUT2D eigenvalue weighted by Crippen LogP contribution is -1.89. The quantitative estimate of drug-likeness (QED) is 0.542. The average molecular weight is 284 g/mol. The zero-order valence-electron chi connectivity index (χ0n) is 7.51. The second-order valence-corrected chi connectivity index (χ2v) is 5.72. The molecule has 0 saturated carbocycles. The zero-order valence-corrected chi connectivity index (χ0v) is 10.6. The molecule has 0 aliphatic carbocycles. The van der Waals surface area contributed by atoms with Crippen LogP contribution in [0.5, 0.6) is 0 Å². The minimum absolute atomic E-state index is 0.192. The fourth-order valence-electron chi connectivity index (χ4n) is 0.795. The normalized spacial score (nSPS) is 10.7. The monoisotopic (exact) mass is 282 g/mol. The van der Waals surface area contributed by atoms with Crippen LogP contribution in [0.4, 0.5) is 0 Å². The van der Waals surface area contributed by atoms with Crippen LogP contribution in [-0.4, -0.2) is 14.7 Å². The number of hydrogen-bond donors (Lipinski definition) is 0. The van der Waals surface area contributed by atoms with E-state index in [0.29, 0.717) is 10.6 Å². The van der Waals surface area contributed by atoms with E-state index in [1.165, 1.54) is 12.1 Å². The molecule has 6 heteroatoms. The van der Waals surface area contributed by atoms with Crippen LogP contribution in [0, 0.1) is 11.2 Å². The first-order chi connectivity index (χ1) is 6.79. The number of hydrogen-bond acceptors (Lipinski definition) is 2. The first-order valence-electron chi connectivity index (χ1n) is 3.67. The fourth-order valence-corrected chi connectivity index (χ4v) is 1.74. The highest BCUT2D eigenvalue weighted by Gasteiger charge is 2.05. The Morgan fingerprint density at radius 3 is 2.33 bits per heavy atom. The lowest BCUT2D eigenvalue weighted by atomic mass is 10.2. The van der Waals surface area contributed by atoms with E-state index >= 15 is 0 Å². The predicted octanol–water partition coefficient (Wildman–Crippen LogP) is 3.00. The Morgan fingerprint density at radius 2 is 1.80 bits per heavy atom. The van der Waals surface area contributed by atoms with E-state index in [2.05, 4.69) is 11.2 Å². The van der Waals surface area contributed by atoms with Gasteiger partial charge in [-0.15, -0.1) is 0 Å². The Balaban J connectivity index is 3.32. The van der Waals surface area contributed by atoms with Crippen molar-refractivity contribution in [2.75, 3.05) is 6.26 Å². The Hall–Kier alpha value is -0.400. The predicted molar refractivity (Wildman–Crippen MR) is 63.2 cm³/mol. The SMILES string of the molecule is CS(=O)(=O)C#Cc1cc(Cl)cc(Cl)c1Cl. The third-order valence-electron chi connectivity index (χ3n) is 1.36. The Kier molecular flexibility index (Phi) is 3.91. The molecule has 0 aromatic heterocycles. The molecular weight excluding hydrogens is 279 g/mol. The van der Waals surface area contributed by atoms with E-state index in [-0.39, 0.29) is 10.0 Å². The van der Waals surface area contributed by atoms with Gasteiger partial charge in [-0.05, 0) is 18.1 Å². The van der Waals surface area contributed by atoms with Gasteiger partial charge in [-0.2, -0.15) is 0 Å². The van der Waals surface area contributed by atoms with Crippen LogP contribution < -0.4 is 0 Å². The van der Waals surface area contributed by atoms with E-state index in [1.54, 1.807) is 0 Å². The van der Waals surface area contributed by atoms with Gasteiger partial charge < -0.3 is 0 Å². The van der Waals surface area contributed by atoms with Gasteiger partial charge in [0.15, 0.2) is 0 Å². The molecule has 0 atom stereocenters. The van der Waals surface area contributed by atoms with Gasteiger partial charge in [0.05, 0.1) is 16.3 Å². The molecule has 2 nitrogen and oxygen atoms in total. The second-order valence-electron chi connectivity index (χ2n) is 2.75. The van der Waals surface area contributed by atoms with Crippen molar-refractivity contribution in [2.45, 2.75) is 0 Å². The summed E-state index contributed by atoms with van der Waals surface area (Å²) in [7, 11) is -3.37. The van der Waals surface area contributed by atoms with Gasteiger partial charge in [0.2, 0.25) is 9.84 Å². The van der Waals surface area contributed by atoms with E-state index in [0.717, 1.165) is 6.26 Å². The molecular formula is C9H5Cl3O2S. The number of rotatable bonds is 0. The second kappa shape index (κ2) is 4.63. The largest absolute Gasteiger partial charge is 0.216 e. The molecule has 0 aliphatic rings. The highest BCUT2D eigenvalue weighted by Crippen LogP contribution is 2.29. The van der Waals surface area contributed by atoms with Crippen molar-refractivity contribution in [1.82, 2.24) is 0 Å². The number of benzene rings is 1. The molecule has 0 saturated heterocycles. The molecule has 1 aromatic rings. The summed E-state index contributed by atoms with van der Waals surface area (Å²) in [6, 6.07) is 2.91. The molecule has 80 valence electrons. The standard InChI is InChI=1S/C9H5Cl3O2S/c1-15(13,14)3-2-6-4-7(10)5-8(11)9(6)12/h4-5H,1H3. The van der Waals surface area contributed by atoms with Gasteiger partial charge in [0, 0.05) is 15.8 Å². The maximum absolute atomic E-state index is 10.8. The molecule has 0 heterocycles. The maximum Gasteiger partial charge on any atom is 0.214 e. The molecule has 0 amide bonds. The van der Waals surface area contributed by atoms with Crippen molar-refractivity contribution in [2.24, 2.45) is 0 Å². The van der Waals surface area contributed by atoms with Gasteiger partial charge in [0.1, 0.15) is 0 Å². The molecule has 0 N–H and O–H groups in total. The first kappa shape index (κ1) is 12.7. The van der Waals surface area contributed by atoms with Gasteiger partial charge in [-0.1, -0.05) is 34.8 Å². The lowest BCUT2D eigenvalue weighted by Gasteiger charge is -1.99. The molecule has 0 bridgehead atoms. The molecule has 0 aliphatic heterocycles. The van der Waals surface area contributed by atoms with E-state index in [1.807, 2.05) is 0 Å². The van der Waals surface area contributed by atoms with E-state index < -0.39 is 9.84 Å². The summed E-state index contributed by atoms with van der Waals surface area (Å²) >= 11 is 17.3. The van der Waals surface area contributed by atoms with Crippen LogP contribution in [0.2, 0.25) is 15.1 Å². The van der Waals surface area contributed by atoms with Gasteiger partial charge in [-0.25, -0.2) is 8.42 Å². The molecule has 0 radical (unpaired) electrons. The van der Waals surface area contributed by atoms with Crippen molar-refractivity contribution in [1.29, 1.82) is 0 Å².